The largest absolute Gasteiger partial charge is 0.416 e. The van der Waals surface area contributed by atoms with Crippen molar-refractivity contribution in [2.75, 3.05) is 0 Å². The van der Waals surface area contributed by atoms with Gasteiger partial charge in [-0.25, -0.2) is 4.79 Å². The summed E-state index contributed by atoms with van der Waals surface area (Å²) in [5, 5.41) is 0. The third-order valence-electron chi connectivity index (χ3n) is 2.84. The number of imidazole rings is 1. The van der Waals surface area contributed by atoms with Crippen LogP contribution in [0.4, 0.5) is 13.2 Å². The molecule has 0 unspecified atom stereocenters. The number of nitrogens with zero attached hydrogens (tertiary/aromatic N) is 1. The van der Waals surface area contributed by atoms with Gasteiger partial charge >= 0.3 is 11.9 Å². The maximum Gasteiger partial charge on any atom is 0.416 e. The highest BCUT2D eigenvalue weighted by molar-refractivity contribution is 5.76. The lowest BCUT2D eigenvalue weighted by atomic mass is 10.2. The first kappa shape index (κ1) is 12.7. The van der Waals surface area contributed by atoms with Crippen LogP contribution in [0, 0.1) is 0 Å². The molecule has 18 heavy (non-hydrogen) atoms. The quantitative estimate of drug-likeness (QED) is 0.902. The van der Waals surface area contributed by atoms with E-state index in [1.807, 2.05) is 6.92 Å². The van der Waals surface area contributed by atoms with Crippen LogP contribution in [0.1, 0.15) is 25.3 Å². The lowest BCUT2D eigenvalue weighted by molar-refractivity contribution is -0.137. The highest BCUT2D eigenvalue weighted by atomic mass is 19.4. The third kappa shape index (κ3) is 2.27. The summed E-state index contributed by atoms with van der Waals surface area (Å²) in [6.07, 6.45) is -2.66. The summed E-state index contributed by atoms with van der Waals surface area (Å²) in [5.41, 5.74) is -0.371. The SMILES string of the molecule is CCCCn1c(=O)[nH]c2cc(C(F)(F)F)ccc21. The van der Waals surface area contributed by atoms with Crippen LogP contribution in [-0.2, 0) is 12.7 Å². The van der Waals surface area contributed by atoms with Gasteiger partial charge in [-0.15, -0.1) is 0 Å². The zero-order valence-corrected chi connectivity index (χ0v) is 9.84. The first-order chi connectivity index (χ1) is 8.43. The molecule has 0 bridgehead atoms. The lowest BCUT2D eigenvalue weighted by Gasteiger charge is -2.06. The summed E-state index contributed by atoms with van der Waals surface area (Å²) in [6, 6.07) is 3.31. The average Bonchev–Trinajstić information content (AvgIpc) is 2.60. The zero-order valence-electron chi connectivity index (χ0n) is 9.84. The minimum Gasteiger partial charge on any atom is -0.306 e. The minimum atomic E-state index is -4.39. The molecule has 1 N–H and O–H groups in total. The van der Waals surface area contributed by atoms with Gasteiger partial charge < -0.3 is 4.98 Å². The number of benzene rings is 1. The molecule has 3 nitrogen and oxygen atoms in total. The summed E-state index contributed by atoms with van der Waals surface area (Å²) in [5.74, 6) is 0. The number of H-pyrrole nitrogens is 1. The van der Waals surface area contributed by atoms with E-state index >= 15 is 0 Å². The number of aromatic amines is 1. The molecule has 1 aromatic heterocycles. The smallest absolute Gasteiger partial charge is 0.306 e. The van der Waals surface area contributed by atoms with E-state index in [0.717, 1.165) is 25.0 Å². The van der Waals surface area contributed by atoms with Crippen LogP contribution in [-0.4, -0.2) is 9.55 Å². The maximum atomic E-state index is 12.5. The van der Waals surface area contributed by atoms with Gasteiger partial charge in [0, 0.05) is 6.54 Å². The maximum absolute atomic E-state index is 12.5. The molecule has 0 aliphatic carbocycles. The number of fused-ring (bicyclic) bond motifs is 1. The van der Waals surface area contributed by atoms with Crippen molar-refractivity contribution in [3.05, 3.63) is 34.2 Å². The van der Waals surface area contributed by atoms with E-state index < -0.39 is 11.7 Å². The molecule has 2 rings (SSSR count). The standard InChI is InChI=1S/C12H13F3N2O/c1-2-3-6-17-10-5-4-8(12(13,14)15)7-9(10)16-11(17)18/h4-5,7H,2-3,6H2,1H3,(H,16,18). The molecule has 1 aromatic carbocycles. The predicted molar refractivity (Wildman–Crippen MR) is 62.5 cm³/mol. The average molecular weight is 258 g/mol. The molecular weight excluding hydrogens is 245 g/mol. The molecule has 0 aliphatic rings. The number of nitrogens with one attached hydrogen (secondary N) is 1. The fourth-order valence-corrected chi connectivity index (χ4v) is 1.88. The van der Waals surface area contributed by atoms with E-state index in [4.69, 9.17) is 0 Å². The number of unbranched alkanes of at least 4 members (excludes halogenated alkanes) is 1. The summed E-state index contributed by atoms with van der Waals surface area (Å²) in [4.78, 5) is 14.1. The number of rotatable bonds is 3. The number of halogens is 3. The minimum absolute atomic E-state index is 0.228. The van der Waals surface area contributed by atoms with Crippen molar-refractivity contribution in [3.8, 4) is 0 Å². The van der Waals surface area contributed by atoms with Gasteiger partial charge in [0.25, 0.3) is 0 Å². The zero-order chi connectivity index (χ0) is 13.3. The first-order valence-electron chi connectivity index (χ1n) is 5.73. The van der Waals surface area contributed by atoms with Crippen LogP contribution < -0.4 is 5.69 Å². The van der Waals surface area contributed by atoms with Gasteiger partial charge in [0.1, 0.15) is 0 Å². The van der Waals surface area contributed by atoms with Crippen LogP contribution >= 0.6 is 0 Å². The van der Waals surface area contributed by atoms with Gasteiger partial charge in [0.2, 0.25) is 0 Å². The topological polar surface area (TPSA) is 37.8 Å². The van der Waals surface area contributed by atoms with Crippen LogP contribution in [0.2, 0.25) is 0 Å². The number of aryl methyl sites for hydroxylation is 1. The molecule has 1 heterocycles. The van der Waals surface area contributed by atoms with Gasteiger partial charge in [-0.3, -0.25) is 4.57 Å². The molecule has 0 spiro atoms. The molecule has 0 fully saturated rings. The van der Waals surface area contributed by atoms with E-state index in [0.29, 0.717) is 12.1 Å². The summed E-state index contributed by atoms with van der Waals surface area (Å²) in [7, 11) is 0. The van der Waals surface area contributed by atoms with Crippen LogP contribution in [0.3, 0.4) is 0 Å². The normalized spacial score (nSPS) is 12.2. The van der Waals surface area contributed by atoms with Crippen LogP contribution in [0.5, 0.6) is 0 Å². The highest BCUT2D eigenvalue weighted by Crippen LogP contribution is 2.30. The number of hydrogen-bond donors (Lipinski definition) is 1. The molecule has 0 amide bonds. The van der Waals surface area contributed by atoms with Crippen molar-refractivity contribution in [1.82, 2.24) is 9.55 Å². The number of hydrogen-bond acceptors (Lipinski definition) is 1. The molecular formula is C12H13F3N2O. The Hall–Kier alpha value is -1.72. The van der Waals surface area contributed by atoms with Crippen molar-refractivity contribution in [1.29, 1.82) is 0 Å². The fraction of sp³-hybridized carbons (Fsp3) is 0.417. The van der Waals surface area contributed by atoms with Crippen molar-refractivity contribution in [3.63, 3.8) is 0 Å². The summed E-state index contributed by atoms with van der Waals surface area (Å²) >= 11 is 0. The molecule has 0 aliphatic heterocycles. The Labute approximate surface area is 101 Å². The Morgan fingerprint density at radius 3 is 2.67 bits per heavy atom. The number of aromatic nitrogens is 2. The third-order valence-corrected chi connectivity index (χ3v) is 2.84. The lowest BCUT2D eigenvalue weighted by Crippen LogP contribution is -2.16. The van der Waals surface area contributed by atoms with Gasteiger partial charge in [0.15, 0.2) is 0 Å². The van der Waals surface area contributed by atoms with Crippen molar-refractivity contribution in [2.24, 2.45) is 0 Å². The Balaban J connectivity index is 2.51. The Morgan fingerprint density at radius 1 is 1.33 bits per heavy atom. The summed E-state index contributed by atoms with van der Waals surface area (Å²) in [6.45, 7) is 2.50. The summed E-state index contributed by atoms with van der Waals surface area (Å²) < 4.78 is 39.1. The Bertz CT molecular complexity index is 610. The van der Waals surface area contributed by atoms with Crippen molar-refractivity contribution < 1.29 is 13.2 Å². The molecule has 2 aromatic rings. The molecule has 0 saturated heterocycles. The van der Waals surface area contributed by atoms with E-state index in [1.54, 1.807) is 0 Å². The molecule has 0 saturated carbocycles. The molecule has 0 radical (unpaired) electrons. The fourth-order valence-electron chi connectivity index (χ4n) is 1.88. The molecule has 98 valence electrons. The first-order valence-corrected chi connectivity index (χ1v) is 5.73. The second kappa shape index (κ2) is 4.51. The molecule has 0 atom stereocenters. The van der Waals surface area contributed by atoms with Crippen molar-refractivity contribution >= 4 is 11.0 Å². The molecule has 6 heteroatoms. The number of alkyl halides is 3. The monoisotopic (exact) mass is 258 g/mol. The Morgan fingerprint density at radius 2 is 2.06 bits per heavy atom. The second-order valence-electron chi connectivity index (χ2n) is 4.17. The van der Waals surface area contributed by atoms with Crippen molar-refractivity contribution in [2.45, 2.75) is 32.5 Å². The van der Waals surface area contributed by atoms with Crippen LogP contribution in [0.15, 0.2) is 23.0 Å². The van der Waals surface area contributed by atoms with E-state index in [9.17, 15) is 18.0 Å². The van der Waals surface area contributed by atoms with Gasteiger partial charge in [-0.05, 0) is 24.6 Å². The van der Waals surface area contributed by atoms with Gasteiger partial charge in [0.05, 0.1) is 16.6 Å². The predicted octanol–water partition coefficient (Wildman–Crippen LogP) is 3.15. The highest BCUT2D eigenvalue weighted by Gasteiger charge is 2.30. The second-order valence-corrected chi connectivity index (χ2v) is 4.17. The van der Waals surface area contributed by atoms with Gasteiger partial charge in [-0.1, -0.05) is 13.3 Å². The van der Waals surface area contributed by atoms with E-state index in [-0.39, 0.29) is 11.2 Å². The van der Waals surface area contributed by atoms with Gasteiger partial charge in [-0.2, -0.15) is 13.2 Å². The van der Waals surface area contributed by atoms with E-state index in [1.165, 1.54) is 10.6 Å². The van der Waals surface area contributed by atoms with E-state index in [2.05, 4.69) is 4.98 Å². The van der Waals surface area contributed by atoms with Crippen LogP contribution in [0.25, 0.3) is 11.0 Å². The Kier molecular flexibility index (Phi) is 3.19.